The summed E-state index contributed by atoms with van der Waals surface area (Å²) in [6.45, 7) is 0.779. The van der Waals surface area contributed by atoms with Crippen LogP contribution in [0.5, 0.6) is 5.75 Å². The highest BCUT2D eigenvalue weighted by atomic mass is 32.1. The number of hydrogen-bond acceptors (Lipinski definition) is 6. The van der Waals surface area contributed by atoms with Gasteiger partial charge in [-0.15, -0.1) is 11.3 Å². The van der Waals surface area contributed by atoms with Crippen LogP contribution in [0.2, 0.25) is 0 Å². The van der Waals surface area contributed by atoms with E-state index < -0.39 is 6.09 Å². The van der Waals surface area contributed by atoms with Gasteiger partial charge in [-0.2, -0.15) is 0 Å². The van der Waals surface area contributed by atoms with Crippen molar-refractivity contribution in [3.05, 3.63) is 45.8 Å². The lowest BCUT2D eigenvalue weighted by Gasteiger charge is -2.25. The minimum absolute atomic E-state index is 0.278. The number of rotatable bonds is 4. The van der Waals surface area contributed by atoms with E-state index >= 15 is 0 Å². The van der Waals surface area contributed by atoms with Crippen LogP contribution in [-0.2, 0) is 17.7 Å². The van der Waals surface area contributed by atoms with Gasteiger partial charge in [0.15, 0.2) is 0 Å². The fraction of sp³-hybridized carbons (Fsp3) is 0.316. The first kappa shape index (κ1) is 19.7. The van der Waals surface area contributed by atoms with Crippen LogP contribution in [0.15, 0.2) is 24.3 Å². The summed E-state index contributed by atoms with van der Waals surface area (Å²) in [5.74, 6) is -0.204. The molecule has 2 N–H and O–H groups in total. The Balaban J connectivity index is 1.95. The van der Waals surface area contributed by atoms with E-state index in [1.54, 1.807) is 36.2 Å². The number of fused-ring (bicyclic) bond motifs is 1. The second-order valence-corrected chi connectivity index (χ2v) is 7.19. The van der Waals surface area contributed by atoms with Crippen molar-refractivity contribution < 1.29 is 23.9 Å². The number of ether oxygens (including phenoxy) is 2. The number of carbonyl (C=O) groups is 3. The van der Waals surface area contributed by atoms with Crippen molar-refractivity contribution >= 4 is 34.2 Å². The molecular formula is C19H21N3O5S. The molecule has 1 aliphatic rings. The van der Waals surface area contributed by atoms with Crippen LogP contribution in [-0.4, -0.2) is 50.6 Å². The van der Waals surface area contributed by atoms with Crippen molar-refractivity contribution in [2.45, 2.75) is 13.0 Å². The molecule has 9 heteroatoms. The Labute approximate surface area is 166 Å². The van der Waals surface area contributed by atoms with Crippen molar-refractivity contribution in [3.8, 4) is 5.75 Å². The number of nitrogens with zero attached hydrogens (tertiary/aromatic N) is 1. The number of para-hydroxylation sites is 1. The molecule has 0 saturated heterocycles. The number of carbonyl (C=O) groups excluding carboxylic acids is 3. The lowest BCUT2D eigenvalue weighted by Crippen LogP contribution is -2.35. The number of methoxy groups -OCH3 is 2. The van der Waals surface area contributed by atoms with Gasteiger partial charge in [-0.1, -0.05) is 12.1 Å². The molecule has 0 saturated carbocycles. The number of thiophene rings is 1. The summed E-state index contributed by atoms with van der Waals surface area (Å²) in [6.07, 6.45) is 0.0916. The molecule has 0 bridgehead atoms. The Morgan fingerprint density at radius 1 is 1.14 bits per heavy atom. The van der Waals surface area contributed by atoms with Crippen molar-refractivity contribution in [3.63, 3.8) is 0 Å². The highest BCUT2D eigenvalue weighted by molar-refractivity contribution is 7.17. The molecule has 3 amide bonds. The van der Waals surface area contributed by atoms with Gasteiger partial charge in [-0.05, 0) is 24.1 Å². The van der Waals surface area contributed by atoms with Gasteiger partial charge in [0.05, 0.1) is 31.9 Å². The van der Waals surface area contributed by atoms with Gasteiger partial charge in [0.1, 0.15) is 10.8 Å². The lowest BCUT2D eigenvalue weighted by molar-refractivity contribution is 0.0962. The van der Waals surface area contributed by atoms with Gasteiger partial charge in [0, 0.05) is 18.5 Å². The molecule has 2 heterocycles. The van der Waals surface area contributed by atoms with Gasteiger partial charge < -0.3 is 25.0 Å². The molecule has 2 aromatic rings. The number of amides is 3. The van der Waals surface area contributed by atoms with Crippen LogP contribution in [0.1, 0.15) is 31.2 Å². The van der Waals surface area contributed by atoms with Crippen LogP contribution in [0, 0.1) is 0 Å². The summed E-state index contributed by atoms with van der Waals surface area (Å²) in [5, 5.41) is 5.91. The monoisotopic (exact) mass is 403 g/mol. The third-order valence-corrected chi connectivity index (χ3v) is 5.65. The second-order valence-electron chi connectivity index (χ2n) is 6.08. The molecule has 148 valence electrons. The van der Waals surface area contributed by atoms with Crippen LogP contribution < -0.4 is 15.4 Å². The normalized spacial score (nSPS) is 12.8. The fourth-order valence-electron chi connectivity index (χ4n) is 3.14. The van der Waals surface area contributed by atoms with Gasteiger partial charge >= 0.3 is 6.09 Å². The Morgan fingerprint density at radius 3 is 2.57 bits per heavy atom. The molecule has 1 aliphatic heterocycles. The molecule has 8 nitrogen and oxygen atoms in total. The summed E-state index contributed by atoms with van der Waals surface area (Å²) < 4.78 is 10.0. The van der Waals surface area contributed by atoms with Crippen LogP contribution in [0.25, 0.3) is 0 Å². The van der Waals surface area contributed by atoms with E-state index in [4.69, 9.17) is 9.47 Å². The smallest absolute Gasteiger partial charge is 0.409 e. The predicted octanol–water partition coefficient (Wildman–Crippen LogP) is 2.49. The predicted molar refractivity (Wildman–Crippen MR) is 105 cm³/mol. The lowest BCUT2D eigenvalue weighted by atomic mass is 10.0. The van der Waals surface area contributed by atoms with Crippen molar-refractivity contribution in [1.82, 2.24) is 10.2 Å². The van der Waals surface area contributed by atoms with E-state index in [2.05, 4.69) is 10.6 Å². The Bertz CT molecular complexity index is 924. The SMILES string of the molecule is CNC(=O)c1c(NC(=O)c2ccccc2OC)sc2c1CCN(C(=O)OC)C2. The molecule has 0 radical (unpaired) electrons. The molecule has 3 rings (SSSR count). The van der Waals surface area contributed by atoms with E-state index in [1.807, 2.05) is 0 Å². The molecule has 0 fully saturated rings. The Morgan fingerprint density at radius 2 is 1.89 bits per heavy atom. The van der Waals surface area contributed by atoms with Gasteiger partial charge in [0.2, 0.25) is 0 Å². The molecule has 0 unspecified atom stereocenters. The average molecular weight is 403 g/mol. The number of benzene rings is 1. The first-order valence-electron chi connectivity index (χ1n) is 8.64. The van der Waals surface area contributed by atoms with Gasteiger partial charge in [0.25, 0.3) is 11.8 Å². The van der Waals surface area contributed by atoms with Crippen molar-refractivity contribution in [2.75, 3.05) is 33.1 Å². The zero-order valence-electron chi connectivity index (χ0n) is 15.8. The maximum absolute atomic E-state index is 12.8. The summed E-state index contributed by atoms with van der Waals surface area (Å²) in [4.78, 5) is 39.5. The first-order valence-corrected chi connectivity index (χ1v) is 9.45. The summed E-state index contributed by atoms with van der Waals surface area (Å²) >= 11 is 1.29. The van der Waals surface area contributed by atoms with E-state index in [1.165, 1.54) is 25.6 Å². The molecule has 0 spiro atoms. The van der Waals surface area contributed by atoms with Gasteiger partial charge in [-0.3, -0.25) is 9.59 Å². The van der Waals surface area contributed by atoms with Crippen molar-refractivity contribution in [1.29, 1.82) is 0 Å². The van der Waals surface area contributed by atoms with E-state index in [-0.39, 0.29) is 11.8 Å². The van der Waals surface area contributed by atoms with Crippen LogP contribution in [0.4, 0.5) is 9.80 Å². The number of nitrogens with one attached hydrogen (secondary N) is 2. The third-order valence-electron chi connectivity index (χ3n) is 4.52. The Hall–Kier alpha value is -3.07. The summed E-state index contributed by atoms with van der Waals surface area (Å²) in [6, 6.07) is 6.87. The maximum Gasteiger partial charge on any atom is 0.409 e. The molecule has 28 heavy (non-hydrogen) atoms. The summed E-state index contributed by atoms with van der Waals surface area (Å²) in [7, 11) is 4.37. The van der Waals surface area contributed by atoms with Gasteiger partial charge in [-0.25, -0.2) is 4.79 Å². The van der Waals surface area contributed by atoms with Crippen LogP contribution in [0.3, 0.4) is 0 Å². The van der Waals surface area contributed by atoms with Crippen molar-refractivity contribution in [2.24, 2.45) is 0 Å². The largest absolute Gasteiger partial charge is 0.496 e. The molecule has 1 aromatic carbocycles. The molecular weight excluding hydrogens is 382 g/mol. The average Bonchev–Trinajstić information content (AvgIpc) is 3.09. The first-order chi connectivity index (χ1) is 13.5. The fourth-order valence-corrected chi connectivity index (χ4v) is 4.40. The minimum atomic E-state index is -0.417. The second kappa shape index (κ2) is 8.30. The molecule has 0 aliphatic carbocycles. The quantitative estimate of drug-likeness (QED) is 0.818. The Kier molecular flexibility index (Phi) is 5.84. The minimum Gasteiger partial charge on any atom is -0.496 e. The molecule has 0 atom stereocenters. The maximum atomic E-state index is 12.8. The zero-order chi connectivity index (χ0) is 20.3. The van der Waals surface area contributed by atoms with E-state index in [9.17, 15) is 14.4 Å². The zero-order valence-corrected chi connectivity index (χ0v) is 16.6. The number of hydrogen-bond donors (Lipinski definition) is 2. The summed E-state index contributed by atoms with van der Waals surface area (Å²) in [5.41, 5.74) is 1.66. The third kappa shape index (κ3) is 3.65. The van der Waals surface area contributed by atoms with E-state index in [0.29, 0.717) is 41.4 Å². The highest BCUT2D eigenvalue weighted by Crippen LogP contribution is 2.37. The molecule has 1 aromatic heterocycles. The highest BCUT2D eigenvalue weighted by Gasteiger charge is 2.30. The van der Waals surface area contributed by atoms with E-state index in [0.717, 1.165) is 10.4 Å². The number of anilines is 1. The van der Waals surface area contributed by atoms with Crippen LogP contribution >= 0.6 is 11.3 Å². The standard InChI is InChI=1S/C19H21N3O5S/c1-20-17(24)15-12-8-9-22(19(25)27-3)10-14(12)28-18(15)21-16(23)11-6-4-5-7-13(11)26-2/h4-7H,8-10H2,1-3H3,(H,20,24)(H,21,23). The topological polar surface area (TPSA) is 97.0 Å².